The molecular weight excluding hydrogens is 721 g/mol. The second-order valence-corrected chi connectivity index (χ2v) is 15.9. The lowest BCUT2D eigenvalue weighted by molar-refractivity contribution is -0.137. The number of carbonyl (C=O) groups is 3. The number of likely N-dealkylation sites (tertiary alicyclic amines) is 2. The summed E-state index contributed by atoms with van der Waals surface area (Å²) in [7, 11) is 0. The van der Waals surface area contributed by atoms with E-state index in [1.165, 1.54) is 0 Å². The van der Waals surface area contributed by atoms with Gasteiger partial charge in [0.25, 0.3) is 0 Å². The maximum absolute atomic E-state index is 13.7. The van der Waals surface area contributed by atoms with Gasteiger partial charge < -0.3 is 40.7 Å². The van der Waals surface area contributed by atoms with Crippen LogP contribution in [0.2, 0.25) is 0 Å². The Hall–Kier alpha value is -6.21. The van der Waals surface area contributed by atoms with Crippen molar-refractivity contribution in [2.24, 2.45) is 11.7 Å². The summed E-state index contributed by atoms with van der Waals surface area (Å²) in [5.41, 5.74) is 13.9. The Morgan fingerprint density at radius 1 is 0.930 bits per heavy atom. The molecule has 0 unspecified atom stereocenters. The zero-order valence-electron chi connectivity index (χ0n) is 32.2. The number of amides is 3. The molecule has 0 spiro atoms. The van der Waals surface area contributed by atoms with Crippen molar-refractivity contribution < 1.29 is 24.2 Å². The van der Waals surface area contributed by atoms with Crippen molar-refractivity contribution >= 4 is 39.7 Å². The van der Waals surface area contributed by atoms with Gasteiger partial charge >= 0.3 is 6.09 Å². The van der Waals surface area contributed by atoms with Crippen molar-refractivity contribution in [1.82, 2.24) is 35.1 Å². The summed E-state index contributed by atoms with van der Waals surface area (Å²) in [6.45, 7) is 6.71. The zero-order chi connectivity index (χ0) is 39.5. The summed E-state index contributed by atoms with van der Waals surface area (Å²) in [4.78, 5) is 59.2. The van der Waals surface area contributed by atoms with Crippen LogP contribution in [0.15, 0.2) is 79.0 Å². The number of nitrogens with zero attached hydrogens (tertiary/aromatic N) is 4. The number of hydrogen-bond donors (Lipinski definition) is 5. The monoisotopic (exact) mass is 766 g/mol. The van der Waals surface area contributed by atoms with Crippen LogP contribution in [0, 0.1) is 5.92 Å². The molecule has 292 valence electrons. The molecule has 5 heterocycles. The number of carbonyl (C=O) groups excluding carboxylic acids is 2. The highest BCUT2D eigenvalue weighted by Crippen LogP contribution is 2.44. The van der Waals surface area contributed by atoms with E-state index < -0.39 is 18.2 Å². The molecule has 6 N–H and O–H groups in total. The molecule has 0 bridgehead atoms. The lowest BCUT2D eigenvalue weighted by Gasteiger charge is -2.32. The minimum Gasteiger partial charge on any atom is -0.488 e. The first-order valence-electron chi connectivity index (χ1n) is 19.8. The molecule has 4 aromatic carbocycles. The van der Waals surface area contributed by atoms with E-state index in [-0.39, 0.29) is 35.9 Å². The summed E-state index contributed by atoms with van der Waals surface area (Å²) in [6, 6.07) is 22.1. The molecule has 0 aliphatic carbocycles. The average molecular weight is 767 g/mol. The van der Waals surface area contributed by atoms with Crippen molar-refractivity contribution in [1.29, 1.82) is 0 Å². The molecule has 0 radical (unpaired) electrons. The standard InChI is InChI=1S/C44H46N8O5/c1-23(2)38(50-44(55)56)43(54)52-24(3)11-16-35(52)40-46-21-33(48-40)27-12-14-29-28(18-27)22-57-36-20-30-26(19-31(29)36)13-15-32-39(30)49-41(47-32)34-10-7-17-51(34)42(53)37(45)25-8-5-4-6-9-25/h4-6,8-9,12-15,18-21,23-24,34-35,37-38,50H,7,10-11,16-17,22,45H2,1-3H3,(H,46,48)(H,47,49)(H,55,56)/t24-,34-,35-,37+,38-/m0/s1. The molecule has 13 nitrogen and oxygen atoms in total. The highest BCUT2D eigenvalue weighted by Gasteiger charge is 2.41. The third kappa shape index (κ3) is 6.45. The summed E-state index contributed by atoms with van der Waals surface area (Å²) in [5.74, 6) is 1.70. The molecule has 5 atom stereocenters. The van der Waals surface area contributed by atoms with Crippen LogP contribution in [0.1, 0.15) is 87.4 Å². The number of nitrogens with one attached hydrogen (secondary N) is 3. The number of fused-ring (bicyclic) bond motifs is 6. The molecule has 2 aromatic heterocycles. The van der Waals surface area contributed by atoms with Crippen molar-refractivity contribution in [3.63, 3.8) is 0 Å². The number of rotatable bonds is 8. The number of aromatic amines is 2. The predicted octanol–water partition coefficient (Wildman–Crippen LogP) is 7.37. The zero-order valence-corrected chi connectivity index (χ0v) is 32.2. The number of imidazole rings is 2. The minimum absolute atomic E-state index is 0.0472. The van der Waals surface area contributed by atoms with E-state index in [2.05, 4.69) is 51.7 Å². The van der Waals surface area contributed by atoms with Crippen LogP contribution in [0.3, 0.4) is 0 Å². The quantitative estimate of drug-likeness (QED) is 0.106. The molecule has 3 aliphatic heterocycles. The molecule has 13 heteroatoms. The summed E-state index contributed by atoms with van der Waals surface area (Å²) >= 11 is 0. The fourth-order valence-electron chi connectivity index (χ4n) is 9.01. The van der Waals surface area contributed by atoms with Gasteiger partial charge in [-0.25, -0.2) is 14.8 Å². The molecular formula is C44H46N8O5. The highest BCUT2D eigenvalue weighted by molar-refractivity contribution is 6.07. The van der Waals surface area contributed by atoms with Gasteiger partial charge in [0.2, 0.25) is 11.8 Å². The van der Waals surface area contributed by atoms with E-state index >= 15 is 0 Å². The lowest BCUT2D eigenvalue weighted by atomic mass is 9.92. The van der Waals surface area contributed by atoms with Gasteiger partial charge in [-0.2, -0.15) is 0 Å². The number of hydrogen-bond acceptors (Lipinski definition) is 7. The summed E-state index contributed by atoms with van der Waals surface area (Å²) in [5, 5.41) is 13.8. The van der Waals surface area contributed by atoms with Crippen molar-refractivity contribution in [3.05, 3.63) is 102 Å². The first kappa shape index (κ1) is 36.4. The van der Waals surface area contributed by atoms with Crippen LogP contribution >= 0.6 is 0 Å². The fourth-order valence-corrected chi connectivity index (χ4v) is 9.01. The van der Waals surface area contributed by atoms with Crippen LogP contribution in [-0.4, -0.2) is 71.4 Å². The normalized spacial score (nSPS) is 20.1. The van der Waals surface area contributed by atoms with Crippen LogP contribution in [0.4, 0.5) is 4.79 Å². The van der Waals surface area contributed by atoms with E-state index in [0.717, 1.165) is 92.6 Å². The smallest absolute Gasteiger partial charge is 0.405 e. The number of nitrogens with two attached hydrogens (primary N) is 1. The minimum atomic E-state index is -1.21. The Kier molecular flexibility index (Phi) is 9.19. The average Bonchev–Trinajstić information content (AvgIpc) is 4.04. The number of carboxylic acid groups (broad SMARTS) is 1. The predicted molar refractivity (Wildman–Crippen MR) is 216 cm³/mol. The van der Waals surface area contributed by atoms with E-state index in [1.54, 1.807) is 11.1 Å². The first-order valence-corrected chi connectivity index (χ1v) is 19.8. The van der Waals surface area contributed by atoms with Gasteiger partial charge in [0.15, 0.2) is 0 Å². The van der Waals surface area contributed by atoms with Crippen LogP contribution in [0.25, 0.3) is 44.2 Å². The van der Waals surface area contributed by atoms with E-state index in [0.29, 0.717) is 19.0 Å². The molecule has 3 aliphatic rings. The van der Waals surface area contributed by atoms with Gasteiger partial charge in [-0.3, -0.25) is 9.59 Å². The topological polar surface area (TPSA) is 183 Å². The van der Waals surface area contributed by atoms with Crippen molar-refractivity contribution in [3.8, 4) is 28.1 Å². The van der Waals surface area contributed by atoms with Crippen molar-refractivity contribution in [2.45, 2.75) is 83.3 Å². The summed E-state index contributed by atoms with van der Waals surface area (Å²) in [6.07, 6.45) is 3.80. The highest BCUT2D eigenvalue weighted by atomic mass is 16.5. The molecule has 0 saturated carbocycles. The lowest BCUT2D eigenvalue weighted by Crippen LogP contribution is -2.52. The van der Waals surface area contributed by atoms with Gasteiger partial charge in [-0.1, -0.05) is 62.4 Å². The van der Waals surface area contributed by atoms with E-state index in [4.69, 9.17) is 20.4 Å². The van der Waals surface area contributed by atoms with Crippen LogP contribution < -0.4 is 15.8 Å². The first-order chi connectivity index (χ1) is 27.5. The Morgan fingerprint density at radius 3 is 2.54 bits per heavy atom. The molecule has 2 fully saturated rings. The SMILES string of the molecule is CC(C)[C@H](NC(=O)O)C(=O)N1[C@@H](C)CC[C@H]1c1ncc(-c2ccc3c(c2)COc2cc4c(ccc5[nH]c([C@@H]6CCCN6C(=O)[C@H](N)c6ccccc6)nc54)cc2-3)[nH]1. The number of H-pyrrole nitrogens is 2. The third-order valence-electron chi connectivity index (χ3n) is 12.0. The number of ether oxygens (including phenoxy) is 1. The number of aromatic nitrogens is 4. The van der Waals surface area contributed by atoms with Crippen LogP contribution in [-0.2, 0) is 16.2 Å². The second kappa shape index (κ2) is 14.4. The van der Waals surface area contributed by atoms with Gasteiger partial charge in [-0.05, 0) is 90.4 Å². The Bertz CT molecular complexity index is 2530. The Balaban J connectivity index is 0.969. The molecule has 2 saturated heterocycles. The van der Waals surface area contributed by atoms with E-state index in [1.807, 2.05) is 62.1 Å². The summed E-state index contributed by atoms with van der Waals surface area (Å²) < 4.78 is 6.41. The Morgan fingerprint density at radius 2 is 1.75 bits per heavy atom. The molecule has 6 aromatic rings. The maximum Gasteiger partial charge on any atom is 0.405 e. The second-order valence-electron chi connectivity index (χ2n) is 15.9. The molecule has 57 heavy (non-hydrogen) atoms. The molecule has 9 rings (SSSR count). The third-order valence-corrected chi connectivity index (χ3v) is 12.0. The van der Waals surface area contributed by atoms with E-state index in [9.17, 15) is 19.5 Å². The largest absolute Gasteiger partial charge is 0.488 e. The van der Waals surface area contributed by atoms with Gasteiger partial charge in [0.05, 0.1) is 35.0 Å². The van der Waals surface area contributed by atoms with Crippen molar-refractivity contribution in [2.75, 3.05) is 6.54 Å². The number of benzene rings is 4. The van der Waals surface area contributed by atoms with Gasteiger partial charge in [0.1, 0.15) is 36.1 Å². The maximum atomic E-state index is 13.7. The van der Waals surface area contributed by atoms with Gasteiger partial charge in [-0.15, -0.1) is 0 Å². The Labute approximate surface area is 329 Å². The van der Waals surface area contributed by atoms with Crippen LogP contribution in [0.5, 0.6) is 5.75 Å². The fraction of sp³-hybridized carbons (Fsp3) is 0.341. The molecule has 3 amide bonds. The van der Waals surface area contributed by atoms with Gasteiger partial charge in [0, 0.05) is 23.5 Å².